The van der Waals surface area contributed by atoms with Crippen molar-refractivity contribution in [1.29, 1.82) is 5.41 Å². The number of hydrogen-bond acceptors (Lipinski definition) is 5. The summed E-state index contributed by atoms with van der Waals surface area (Å²) in [6.07, 6.45) is 3.16. The largest absolute Gasteiger partial charge is 0.467 e. The van der Waals surface area contributed by atoms with Gasteiger partial charge in [0.2, 0.25) is 0 Å². The summed E-state index contributed by atoms with van der Waals surface area (Å²) < 4.78 is 8.33. The summed E-state index contributed by atoms with van der Waals surface area (Å²) in [6, 6.07) is 10.2. The van der Waals surface area contributed by atoms with E-state index in [1.807, 2.05) is 0 Å². The molecule has 0 radical (unpaired) electrons. The molecule has 0 saturated heterocycles. The van der Waals surface area contributed by atoms with Crippen LogP contribution in [0.25, 0.3) is 16.7 Å². The Morgan fingerprint density at radius 3 is 2.89 bits per heavy atom. The van der Waals surface area contributed by atoms with Crippen molar-refractivity contribution >= 4 is 22.6 Å². The molecule has 0 aliphatic rings. The van der Waals surface area contributed by atoms with Crippen molar-refractivity contribution in [2.45, 2.75) is 13.5 Å². The van der Waals surface area contributed by atoms with Gasteiger partial charge in [-0.3, -0.25) is 19.4 Å². The van der Waals surface area contributed by atoms with Gasteiger partial charge in [0.15, 0.2) is 0 Å². The maximum Gasteiger partial charge on any atom is 0.267 e. The van der Waals surface area contributed by atoms with Gasteiger partial charge >= 0.3 is 0 Å². The fourth-order valence-electron chi connectivity index (χ4n) is 3.03. The maximum atomic E-state index is 13.0. The Labute approximate surface area is 153 Å². The molecule has 0 atom stereocenters. The number of carbonyl (C=O) groups excluding carboxylic acids is 1. The predicted octanol–water partition coefficient (Wildman–Crippen LogP) is 1.52. The lowest BCUT2D eigenvalue weighted by molar-refractivity contribution is 0.0953. The Balaban J connectivity index is 2.09. The van der Waals surface area contributed by atoms with E-state index in [0.29, 0.717) is 23.6 Å². The highest BCUT2D eigenvalue weighted by Gasteiger charge is 2.17. The van der Waals surface area contributed by atoms with Crippen LogP contribution in [0.3, 0.4) is 0 Å². The molecule has 0 bridgehead atoms. The second-order valence-electron chi connectivity index (χ2n) is 6.01. The van der Waals surface area contributed by atoms with Crippen LogP contribution in [-0.4, -0.2) is 26.4 Å². The van der Waals surface area contributed by atoms with E-state index < -0.39 is 5.91 Å². The normalized spacial score (nSPS) is 11.1. The first-order valence-corrected chi connectivity index (χ1v) is 8.50. The maximum absolute atomic E-state index is 13.0. The lowest BCUT2D eigenvalue weighted by Gasteiger charge is -2.13. The summed E-state index contributed by atoms with van der Waals surface area (Å²) in [7, 11) is 0. The van der Waals surface area contributed by atoms with Gasteiger partial charge in [-0.2, -0.15) is 0 Å². The Hall–Kier alpha value is -3.68. The van der Waals surface area contributed by atoms with Crippen molar-refractivity contribution in [3.8, 4) is 0 Å². The van der Waals surface area contributed by atoms with Gasteiger partial charge < -0.3 is 14.3 Å². The van der Waals surface area contributed by atoms with E-state index >= 15 is 0 Å². The van der Waals surface area contributed by atoms with Crippen molar-refractivity contribution in [2.75, 3.05) is 6.54 Å². The van der Waals surface area contributed by atoms with Crippen LogP contribution in [0.4, 0.5) is 0 Å². The van der Waals surface area contributed by atoms with Crippen molar-refractivity contribution in [3.63, 3.8) is 0 Å². The smallest absolute Gasteiger partial charge is 0.267 e. The van der Waals surface area contributed by atoms with Gasteiger partial charge in [-0.1, -0.05) is 6.07 Å². The van der Waals surface area contributed by atoms with E-state index in [4.69, 9.17) is 9.83 Å². The Morgan fingerprint density at radius 2 is 2.15 bits per heavy atom. The van der Waals surface area contributed by atoms with Crippen LogP contribution in [0, 0.1) is 5.41 Å². The summed E-state index contributed by atoms with van der Waals surface area (Å²) in [4.78, 5) is 30.0. The minimum atomic E-state index is -0.407. The predicted molar refractivity (Wildman–Crippen MR) is 98.6 cm³/mol. The van der Waals surface area contributed by atoms with E-state index in [1.165, 1.54) is 21.3 Å². The third kappa shape index (κ3) is 2.80. The molecule has 8 nitrogen and oxygen atoms in total. The van der Waals surface area contributed by atoms with Gasteiger partial charge in [-0.15, -0.1) is 0 Å². The average Bonchev–Trinajstić information content (AvgIpc) is 3.18. The molecule has 0 aromatic carbocycles. The molecule has 0 fully saturated rings. The molecule has 136 valence electrons. The van der Waals surface area contributed by atoms with Crippen LogP contribution in [0.2, 0.25) is 0 Å². The zero-order valence-corrected chi connectivity index (χ0v) is 14.6. The number of pyridine rings is 2. The summed E-state index contributed by atoms with van der Waals surface area (Å²) in [5.41, 5.74) is 0.589. The Morgan fingerprint density at radius 1 is 1.30 bits per heavy atom. The number of fused-ring (bicyclic) bond motifs is 2. The van der Waals surface area contributed by atoms with Crippen LogP contribution in [0.15, 0.2) is 58.1 Å². The molecule has 4 heterocycles. The van der Waals surface area contributed by atoms with Crippen LogP contribution in [0.1, 0.15) is 23.0 Å². The Kier molecular flexibility index (Phi) is 4.08. The van der Waals surface area contributed by atoms with Gasteiger partial charge in [-0.25, -0.2) is 4.98 Å². The van der Waals surface area contributed by atoms with Gasteiger partial charge in [0.25, 0.3) is 11.5 Å². The monoisotopic (exact) mass is 363 g/mol. The molecule has 0 unspecified atom stereocenters. The van der Waals surface area contributed by atoms with Gasteiger partial charge in [-0.05, 0) is 37.3 Å². The zero-order chi connectivity index (χ0) is 19.0. The minimum absolute atomic E-state index is 0.0305. The van der Waals surface area contributed by atoms with Gasteiger partial charge in [0.1, 0.15) is 22.5 Å². The molecule has 8 heteroatoms. The summed E-state index contributed by atoms with van der Waals surface area (Å²) in [5, 5.41) is 11.5. The SMILES string of the molecule is CCNC(=O)c1cc2c(=O)n3ccccc3nc2n(Cc2ccco2)c1=N. The van der Waals surface area contributed by atoms with Crippen LogP contribution >= 0.6 is 0 Å². The third-order valence-corrected chi connectivity index (χ3v) is 4.29. The summed E-state index contributed by atoms with van der Waals surface area (Å²) in [5.74, 6) is 0.188. The highest BCUT2D eigenvalue weighted by Crippen LogP contribution is 2.12. The van der Waals surface area contributed by atoms with E-state index in [2.05, 4.69) is 10.3 Å². The molecule has 27 heavy (non-hydrogen) atoms. The fraction of sp³-hybridized carbons (Fsp3) is 0.158. The highest BCUT2D eigenvalue weighted by molar-refractivity contribution is 5.96. The van der Waals surface area contributed by atoms with E-state index in [-0.39, 0.29) is 28.5 Å². The number of carbonyl (C=O) groups is 1. The molecule has 4 aromatic rings. The van der Waals surface area contributed by atoms with Gasteiger partial charge in [0, 0.05) is 12.7 Å². The number of furan rings is 1. The van der Waals surface area contributed by atoms with E-state index in [9.17, 15) is 9.59 Å². The van der Waals surface area contributed by atoms with Crippen LogP contribution in [-0.2, 0) is 6.54 Å². The fourth-order valence-corrected chi connectivity index (χ4v) is 3.03. The van der Waals surface area contributed by atoms with Gasteiger partial charge in [0.05, 0.1) is 23.8 Å². The Bertz CT molecular complexity index is 1270. The molecule has 4 aromatic heterocycles. The van der Waals surface area contributed by atoms with Crippen molar-refractivity contribution < 1.29 is 9.21 Å². The molecule has 2 N–H and O–H groups in total. The molecule has 1 amide bonds. The van der Waals surface area contributed by atoms with Crippen molar-refractivity contribution in [3.05, 3.63) is 76.0 Å². The lowest BCUT2D eigenvalue weighted by Crippen LogP contribution is -2.35. The second-order valence-corrected chi connectivity index (χ2v) is 6.01. The molecule has 0 aliphatic carbocycles. The summed E-state index contributed by atoms with van der Waals surface area (Å²) in [6.45, 7) is 2.40. The van der Waals surface area contributed by atoms with Crippen molar-refractivity contribution in [2.24, 2.45) is 0 Å². The van der Waals surface area contributed by atoms with Crippen LogP contribution in [0.5, 0.6) is 0 Å². The molecule has 0 spiro atoms. The lowest BCUT2D eigenvalue weighted by atomic mass is 10.2. The molecule has 0 saturated carbocycles. The van der Waals surface area contributed by atoms with Crippen LogP contribution < -0.4 is 16.4 Å². The third-order valence-electron chi connectivity index (χ3n) is 4.29. The quantitative estimate of drug-likeness (QED) is 0.536. The average molecular weight is 363 g/mol. The molecular formula is C19H17N5O3. The number of hydrogen-bond donors (Lipinski definition) is 2. The number of aromatic nitrogens is 3. The number of rotatable bonds is 4. The second kappa shape index (κ2) is 6.56. The highest BCUT2D eigenvalue weighted by atomic mass is 16.3. The first-order valence-electron chi connectivity index (χ1n) is 8.50. The topological polar surface area (TPSA) is 105 Å². The van der Waals surface area contributed by atoms with Crippen molar-refractivity contribution in [1.82, 2.24) is 19.3 Å². The minimum Gasteiger partial charge on any atom is -0.467 e. The molecule has 4 rings (SSSR count). The van der Waals surface area contributed by atoms with E-state index in [1.54, 1.807) is 43.5 Å². The summed E-state index contributed by atoms with van der Waals surface area (Å²) >= 11 is 0. The number of nitrogens with one attached hydrogen (secondary N) is 2. The first kappa shape index (κ1) is 16.8. The zero-order valence-electron chi connectivity index (χ0n) is 14.6. The first-order chi connectivity index (χ1) is 13.1. The molecular weight excluding hydrogens is 346 g/mol. The number of nitrogens with zero attached hydrogens (tertiary/aromatic N) is 3. The van der Waals surface area contributed by atoms with E-state index in [0.717, 1.165) is 0 Å². The molecule has 0 aliphatic heterocycles. The standard InChI is InChI=1S/C19H17N5O3/c1-2-21-18(25)13-10-14-17(22-15-7-3-4-8-23(15)19(14)26)24(16(13)20)11-12-6-5-9-27-12/h3-10,20H,2,11H2,1H3,(H,21,25). The number of amides is 1.